The lowest BCUT2D eigenvalue weighted by Gasteiger charge is -2.07. The van der Waals surface area contributed by atoms with Crippen LogP contribution in [0.1, 0.15) is 23.7 Å². The Morgan fingerprint density at radius 2 is 2.29 bits per heavy atom. The number of nitro groups is 1. The van der Waals surface area contributed by atoms with Gasteiger partial charge in [0.25, 0.3) is 11.6 Å². The van der Waals surface area contributed by atoms with E-state index in [0.29, 0.717) is 12.4 Å². The number of pyridine rings is 1. The van der Waals surface area contributed by atoms with Crippen LogP contribution in [-0.4, -0.2) is 27.5 Å². The third kappa shape index (κ3) is 3.53. The van der Waals surface area contributed by atoms with Crippen molar-refractivity contribution in [1.82, 2.24) is 10.1 Å². The molecule has 1 amide bonds. The third-order valence-corrected chi connectivity index (χ3v) is 2.56. The van der Waals surface area contributed by atoms with Crippen molar-refractivity contribution in [3.05, 3.63) is 40.3 Å². The van der Waals surface area contributed by atoms with Gasteiger partial charge in [-0.15, -0.1) is 0 Å². The van der Waals surface area contributed by atoms with Gasteiger partial charge in [0, 0.05) is 18.7 Å². The summed E-state index contributed by atoms with van der Waals surface area (Å²) in [6.07, 6.45) is 3.19. The summed E-state index contributed by atoms with van der Waals surface area (Å²) in [6, 6.07) is 2.77. The fourth-order valence-corrected chi connectivity index (χ4v) is 1.59. The second kappa shape index (κ2) is 6.46. The lowest BCUT2D eigenvalue weighted by atomic mass is 10.2. The molecule has 21 heavy (non-hydrogen) atoms. The summed E-state index contributed by atoms with van der Waals surface area (Å²) in [5, 5.41) is 19.9. The zero-order valence-corrected chi connectivity index (χ0v) is 11.2. The monoisotopic (exact) mass is 291 g/mol. The first-order chi connectivity index (χ1) is 10.1. The predicted octanol–water partition coefficient (Wildman–Crippen LogP) is 2.05. The van der Waals surface area contributed by atoms with E-state index in [1.807, 2.05) is 6.92 Å². The number of hydrogen-bond donors (Lipinski definition) is 2. The summed E-state index contributed by atoms with van der Waals surface area (Å²) in [5.41, 5.74) is -0.477. The first-order valence-corrected chi connectivity index (χ1v) is 6.22. The van der Waals surface area contributed by atoms with Gasteiger partial charge in [0.05, 0.1) is 4.92 Å². The largest absolute Gasteiger partial charge is 0.370 e. The van der Waals surface area contributed by atoms with E-state index in [1.165, 1.54) is 18.4 Å². The van der Waals surface area contributed by atoms with Crippen LogP contribution >= 0.6 is 0 Å². The molecule has 0 radical (unpaired) electrons. The number of hydrogen-bond acceptors (Lipinski definition) is 7. The molecule has 9 heteroatoms. The summed E-state index contributed by atoms with van der Waals surface area (Å²) in [4.78, 5) is 26.3. The van der Waals surface area contributed by atoms with Crippen molar-refractivity contribution >= 4 is 23.2 Å². The zero-order chi connectivity index (χ0) is 15.2. The Kier molecular flexibility index (Phi) is 4.44. The number of rotatable bonds is 6. The lowest BCUT2D eigenvalue weighted by Crippen LogP contribution is -2.15. The Morgan fingerprint density at radius 1 is 1.48 bits per heavy atom. The standard InChI is InChI=1S/C12H13N5O4/c1-2-4-13-11-6-8(9(7-14-11)17(19)20)12(18)15-10-3-5-21-16-10/h3,5-7H,2,4H2,1H3,(H,13,14)(H,15,16,18). The molecule has 0 aliphatic heterocycles. The molecule has 9 nitrogen and oxygen atoms in total. The van der Waals surface area contributed by atoms with E-state index in [0.717, 1.165) is 12.6 Å². The Labute approximate surface area is 119 Å². The fraction of sp³-hybridized carbons (Fsp3) is 0.250. The van der Waals surface area contributed by atoms with Crippen LogP contribution in [-0.2, 0) is 0 Å². The fourth-order valence-electron chi connectivity index (χ4n) is 1.59. The smallest absolute Gasteiger partial charge is 0.300 e. The number of aromatic nitrogens is 2. The van der Waals surface area contributed by atoms with Gasteiger partial charge in [-0.05, 0) is 6.42 Å². The van der Waals surface area contributed by atoms with Crippen LogP contribution in [0.25, 0.3) is 0 Å². The van der Waals surface area contributed by atoms with E-state index in [9.17, 15) is 14.9 Å². The second-order valence-corrected chi connectivity index (χ2v) is 4.11. The van der Waals surface area contributed by atoms with E-state index in [4.69, 9.17) is 0 Å². The van der Waals surface area contributed by atoms with E-state index in [2.05, 4.69) is 25.3 Å². The van der Waals surface area contributed by atoms with E-state index in [-0.39, 0.29) is 17.1 Å². The minimum atomic E-state index is -0.658. The summed E-state index contributed by atoms with van der Waals surface area (Å²) in [6.45, 7) is 2.62. The van der Waals surface area contributed by atoms with Gasteiger partial charge in [-0.1, -0.05) is 12.1 Å². The maximum Gasteiger partial charge on any atom is 0.300 e. The highest BCUT2D eigenvalue weighted by Crippen LogP contribution is 2.21. The van der Waals surface area contributed by atoms with Gasteiger partial charge in [-0.25, -0.2) is 4.98 Å². The van der Waals surface area contributed by atoms with E-state index < -0.39 is 10.8 Å². The number of carbonyl (C=O) groups excluding carboxylic acids is 1. The lowest BCUT2D eigenvalue weighted by molar-refractivity contribution is -0.385. The molecule has 0 aromatic carbocycles. The summed E-state index contributed by atoms with van der Waals surface area (Å²) >= 11 is 0. The Hall–Kier alpha value is -2.97. The molecule has 2 aromatic heterocycles. The number of amides is 1. The molecule has 110 valence electrons. The molecule has 2 N–H and O–H groups in total. The number of nitrogens with one attached hydrogen (secondary N) is 2. The average Bonchev–Trinajstić information content (AvgIpc) is 2.97. The molecule has 0 unspecified atom stereocenters. The first kappa shape index (κ1) is 14.4. The van der Waals surface area contributed by atoms with Gasteiger partial charge < -0.3 is 15.2 Å². The normalized spacial score (nSPS) is 10.1. The van der Waals surface area contributed by atoms with E-state index in [1.54, 1.807) is 0 Å². The van der Waals surface area contributed by atoms with Crippen molar-refractivity contribution in [3.63, 3.8) is 0 Å². The second-order valence-electron chi connectivity index (χ2n) is 4.11. The van der Waals surface area contributed by atoms with Crippen molar-refractivity contribution in [3.8, 4) is 0 Å². The van der Waals surface area contributed by atoms with Gasteiger partial charge in [-0.2, -0.15) is 0 Å². The summed E-state index contributed by atoms with van der Waals surface area (Å²) < 4.78 is 4.58. The molecule has 0 atom stereocenters. The molecular formula is C12H13N5O4. The molecule has 0 aliphatic rings. The number of carbonyl (C=O) groups is 1. The maximum atomic E-state index is 12.1. The van der Waals surface area contributed by atoms with Gasteiger partial charge in [0.2, 0.25) is 0 Å². The van der Waals surface area contributed by atoms with Crippen LogP contribution < -0.4 is 10.6 Å². The van der Waals surface area contributed by atoms with Crippen molar-refractivity contribution in [1.29, 1.82) is 0 Å². The highest BCUT2D eigenvalue weighted by Gasteiger charge is 2.22. The minimum Gasteiger partial charge on any atom is -0.370 e. The van der Waals surface area contributed by atoms with Crippen LogP contribution in [0.4, 0.5) is 17.3 Å². The molecule has 0 spiro atoms. The van der Waals surface area contributed by atoms with Gasteiger partial charge >= 0.3 is 0 Å². The van der Waals surface area contributed by atoms with Crippen molar-refractivity contribution in [2.24, 2.45) is 0 Å². The molecule has 2 aromatic rings. The van der Waals surface area contributed by atoms with Gasteiger partial charge in [0.15, 0.2) is 5.82 Å². The van der Waals surface area contributed by atoms with Crippen LogP contribution in [0.5, 0.6) is 0 Å². The highest BCUT2D eigenvalue weighted by atomic mass is 16.6. The van der Waals surface area contributed by atoms with Gasteiger partial charge in [0.1, 0.15) is 23.8 Å². The van der Waals surface area contributed by atoms with Crippen LogP contribution in [0, 0.1) is 10.1 Å². The first-order valence-electron chi connectivity index (χ1n) is 6.22. The highest BCUT2D eigenvalue weighted by molar-refractivity contribution is 6.06. The van der Waals surface area contributed by atoms with Crippen LogP contribution in [0.15, 0.2) is 29.1 Å². The molecule has 2 heterocycles. The minimum absolute atomic E-state index is 0.100. The molecule has 0 saturated heterocycles. The summed E-state index contributed by atoms with van der Waals surface area (Å²) in [7, 11) is 0. The van der Waals surface area contributed by atoms with Crippen molar-refractivity contribution in [2.45, 2.75) is 13.3 Å². The average molecular weight is 291 g/mol. The molecule has 2 rings (SSSR count). The number of nitrogens with zero attached hydrogens (tertiary/aromatic N) is 3. The van der Waals surface area contributed by atoms with E-state index >= 15 is 0 Å². The van der Waals surface area contributed by atoms with Crippen molar-refractivity contribution in [2.75, 3.05) is 17.2 Å². The predicted molar refractivity (Wildman–Crippen MR) is 74.1 cm³/mol. The molecule has 0 aliphatic carbocycles. The SMILES string of the molecule is CCCNc1cc(C(=O)Nc2ccon2)c([N+](=O)[O-])cn1. The molecule has 0 saturated carbocycles. The molecule has 0 bridgehead atoms. The molecular weight excluding hydrogens is 278 g/mol. The Morgan fingerprint density at radius 3 is 2.90 bits per heavy atom. The van der Waals surface area contributed by atoms with Crippen LogP contribution in [0.2, 0.25) is 0 Å². The van der Waals surface area contributed by atoms with Crippen LogP contribution in [0.3, 0.4) is 0 Å². The van der Waals surface area contributed by atoms with Crippen molar-refractivity contribution < 1.29 is 14.2 Å². The third-order valence-electron chi connectivity index (χ3n) is 2.56. The topological polar surface area (TPSA) is 123 Å². The molecule has 0 fully saturated rings. The van der Waals surface area contributed by atoms with Gasteiger partial charge in [-0.3, -0.25) is 14.9 Å². The maximum absolute atomic E-state index is 12.1. The Bertz CT molecular complexity index is 641. The summed E-state index contributed by atoms with van der Waals surface area (Å²) in [5.74, 6) is -0.0838. The quantitative estimate of drug-likeness (QED) is 0.616. The Balaban J connectivity index is 2.29. The number of anilines is 2. The zero-order valence-electron chi connectivity index (χ0n) is 11.2.